The number of nitrogens with zero attached hydrogens (tertiary/aromatic N) is 1. The number of methoxy groups -OCH3 is 1. The van der Waals surface area contributed by atoms with E-state index in [1.54, 1.807) is 0 Å². The van der Waals surface area contributed by atoms with Gasteiger partial charge in [-0.05, 0) is 38.0 Å². The van der Waals surface area contributed by atoms with E-state index in [1.807, 2.05) is 25.1 Å². The van der Waals surface area contributed by atoms with E-state index in [9.17, 15) is 4.79 Å². The maximum absolute atomic E-state index is 12.2. The van der Waals surface area contributed by atoms with Crippen LogP contribution in [0.4, 0.5) is 0 Å². The molecule has 5 nitrogen and oxygen atoms in total. The zero-order valence-corrected chi connectivity index (χ0v) is 15.2. The van der Waals surface area contributed by atoms with E-state index in [0.29, 0.717) is 29.3 Å². The van der Waals surface area contributed by atoms with Crippen LogP contribution >= 0.6 is 11.3 Å². The van der Waals surface area contributed by atoms with E-state index < -0.39 is 5.97 Å². The predicted octanol–water partition coefficient (Wildman–Crippen LogP) is 4.12. The lowest BCUT2D eigenvalue weighted by atomic mass is 10.1. The Bertz CT molecular complexity index is 737. The van der Waals surface area contributed by atoms with Crippen LogP contribution in [0.2, 0.25) is 0 Å². The van der Waals surface area contributed by atoms with Gasteiger partial charge in [0.25, 0.3) is 0 Å². The third kappa shape index (κ3) is 4.26. The van der Waals surface area contributed by atoms with Gasteiger partial charge in [-0.25, -0.2) is 9.78 Å². The standard InChI is InChI=1S/C18H24N2O3S/c1-4-6-7-8-13(19)16(18(21)22-3)17-20-14-10-9-12(23-5-2)11-15(14)24-17/h9-11H,4-8,19H2,1-3H3/b16-13+. The third-order valence-corrected chi connectivity index (χ3v) is 4.68. The summed E-state index contributed by atoms with van der Waals surface area (Å²) in [6, 6.07) is 5.70. The number of nitrogens with two attached hydrogens (primary N) is 1. The number of rotatable bonds is 8. The predicted molar refractivity (Wildman–Crippen MR) is 98.1 cm³/mol. The number of esters is 1. The van der Waals surface area contributed by atoms with Crippen LogP contribution in [0.25, 0.3) is 15.8 Å². The fraction of sp³-hybridized carbons (Fsp3) is 0.444. The Hall–Kier alpha value is -2.08. The topological polar surface area (TPSA) is 74.4 Å². The first-order valence-electron chi connectivity index (χ1n) is 8.21. The Morgan fingerprint density at radius 2 is 2.08 bits per heavy atom. The van der Waals surface area contributed by atoms with Gasteiger partial charge in [0.15, 0.2) is 0 Å². The van der Waals surface area contributed by atoms with Gasteiger partial charge in [0.2, 0.25) is 0 Å². The molecule has 2 aromatic rings. The molecule has 130 valence electrons. The largest absolute Gasteiger partial charge is 0.494 e. The molecule has 0 saturated heterocycles. The summed E-state index contributed by atoms with van der Waals surface area (Å²) in [4.78, 5) is 16.8. The Balaban J connectivity index is 2.40. The molecule has 0 bridgehead atoms. The van der Waals surface area contributed by atoms with Crippen molar-refractivity contribution >= 4 is 33.1 Å². The van der Waals surface area contributed by atoms with Crippen LogP contribution in [0.1, 0.15) is 44.5 Å². The molecule has 0 unspecified atom stereocenters. The van der Waals surface area contributed by atoms with Crippen molar-refractivity contribution in [2.45, 2.75) is 39.5 Å². The Morgan fingerprint density at radius 1 is 1.29 bits per heavy atom. The molecule has 1 aromatic carbocycles. The molecule has 0 radical (unpaired) electrons. The van der Waals surface area contributed by atoms with Crippen molar-refractivity contribution in [1.82, 2.24) is 4.98 Å². The lowest BCUT2D eigenvalue weighted by Gasteiger charge is -2.07. The lowest BCUT2D eigenvalue weighted by Crippen LogP contribution is -2.12. The molecule has 24 heavy (non-hydrogen) atoms. The highest BCUT2D eigenvalue weighted by atomic mass is 32.1. The van der Waals surface area contributed by atoms with Crippen LogP contribution in [0.5, 0.6) is 5.75 Å². The van der Waals surface area contributed by atoms with Crippen molar-refractivity contribution in [1.29, 1.82) is 0 Å². The smallest absolute Gasteiger partial charge is 0.342 e. The fourth-order valence-corrected chi connectivity index (χ4v) is 3.48. The fourth-order valence-electron chi connectivity index (χ4n) is 2.42. The molecule has 2 N–H and O–H groups in total. The number of ether oxygens (including phenoxy) is 2. The van der Waals surface area contributed by atoms with Crippen LogP contribution in [-0.2, 0) is 9.53 Å². The summed E-state index contributed by atoms with van der Waals surface area (Å²) < 4.78 is 11.4. The second kappa shape index (κ2) is 8.68. The number of benzene rings is 1. The SMILES string of the molecule is CCCCC/C(N)=C(\C(=O)OC)c1nc2ccc(OCC)cc2s1. The summed E-state index contributed by atoms with van der Waals surface area (Å²) in [5.41, 5.74) is 7.93. The summed E-state index contributed by atoms with van der Waals surface area (Å²) >= 11 is 1.43. The van der Waals surface area contributed by atoms with Crippen molar-refractivity contribution < 1.29 is 14.3 Å². The monoisotopic (exact) mass is 348 g/mol. The maximum Gasteiger partial charge on any atom is 0.342 e. The van der Waals surface area contributed by atoms with Gasteiger partial charge in [-0.2, -0.15) is 0 Å². The van der Waals surface area contributed by atoms with Gasteiger partial charge in [0, 0.05) is 5.70 Å². The van der Waals surface area contributed by atoms with E-state index in [0.717, 1.165) is 35.2 Å². The minimum atomic E-state index is -0.437. The van der Waals surface area contributed by atoms with Crippen molar-refractivity contribution in [3.63, 3.8) is 0 Å². The number of aromatic nitrogens is 1. The zero-order valence-electron chi connectivity index (χ0n) is 14.4. The van der Waals surface area contributed by atoms with Gasteiger partial charge >= 0.3 is 5.97 Å². The molecular formula is C18H24N2O3S. The van der Waals surface area contributed by atoms with Gasteiger partial charge in [-0.1, -0.05) is 19.8 Å². The molecule has 6 heteroatoms. The Morgan fingerprint density at radius 3 is 2.75 bits per heavy atom. The second-order valence-electron chi connectivity index (χ2n) is 5.43. The van der Waals surface area contributed by atoms with E-state index in [1.165, 1.54) is 18.4 Å². The van der Waals surface area contributed by atoms with Crippen LogP contribution in [0.3, 0.4) is 0 Å². The summed E-state index contributed by atoms with van der Waals surface area (Å²) in [6.45, 7) is 4.68. The summed E-state index contributed by atoms with van der Waals surface area (Å²) in [6.07, 6.45) is 3.79. The number of carbonyl (C=O) groups is 1. The van der Waals surface area contributed by atoms with E-state index >= 15 is 0 Å². The first-order chi connectivity index (χ1) is 11.6. The first-order valence-corrected chi connectivity index (χ1v) is 9.03. The quantitative estimate of drug-likeness (QED) is 0.441. The van der Waals surface area contributed by atoms with Crippen molar-refractivity contribution in [3.8, 4) is 5.75 Å². The van der Waals surface area contributed by atoms with E-state index in [-0.39, 0.29) is 0 Å². The molecule has 0 saturated carbocycles. The maximum atomic E-state index is 12.2. The Kier molecular flexibility index (Phi) is 6.61. The van der Waals surface area contributed by atoms with Gasteiger partial charge in [-0.15, -0.1) is 11.3 Å². The molecule has 0 spiro atoms. The highest BCUT2D eigenvalue weighted by Gasteiger charge is 2.21. The molecule has 2 rings (SSSR count). The number of fused-ring (bicyclic) bond motifs is 1. The van der Waals surface area contributed by atoms with Crippen molar-refractivity contribution in [2.75, 3.05) is 13.7 Å². The van der Waals surface area contributed by atoms with Gasteiger partial charge < -0.3 is 15.2 Å². The molecular weight excluding hydrogens is 324 g/mol. The van der Waals surface area contributed by atoms with Crippen LogP contribution in [0.15, 0.2) is 23.9 Å². The summed E-state index contributed by atoms with van der Waals surface area (Å²) in [5.74, 6) is 0.354. The Labute approximate surface area is 146 Å². The second-order valence-corrected chi connectivity index (χ2v) is 6.46. The minimum absolute atomic E-state index is 0.382. The van der Waals surface area contributed by atoms with E-state index in [2.05, 4.69) is 11.9 Å². The average molecular weight is 348 g/mol. The van der Waals surface area contributed by atoms with Crippen LogP contribution < -0.4 is 10.5 Å². The number of hydrogen-bond donors (Lipinski definition) is 1. The molecule has 1 aromatic heterocycles. The van der Waals surface area contributed by atoms with Crippen molar-refractivity contribution in [2.24, 2.45) is 5.73 Å². The molecule has 0 atom stereocenters. The molecule has 0 aliphatic heterocycles. The number of hydrogen-bond acceptors (Lipinski definition) is 6. The third-order valence-electron chi connectivity index (χ3n) is 3.65. The number of carbonyl (C=O) groups excluding carboxylic acids is 1. The zero-order chi connectivity index (χ0) is 17.5. The first kappa shape index (κ1) is 18.3. The van der Waals surface area contributed by atoms with Gasteiger partial charge in [0.1, 0.15) is 16.3 Å². The van der Waals surface area contributed by atoms with Gasteiger partial charge in [0.05, 0.1) is 23.9 Å². The van der Waals surface area contributed by atoms with E-state index in [4.69, 9.17) is 15.2 Å². The van der Waals surface area contributed by atoms with Crippen LogP contribution in [-0.4, -0.2) is 24.7 Å². The lowest BCUT2D eigenvalue weighted by molar-refractivity contribution is -0.133. The molecule has 0 aliphatic rings. The van der Waals surface area contributed by atoms with Gasteiger partial charge in [-0.3, -0.25) is 0 Å². The highest BCUT2D eigenvalue weighted by molar-refractivity contribution is 7.19. The van der Waals surface area contributed by atoms with Crippen LogP contribution in [0, 0.1) is 0 Å². The summed E-state index contributed by atoms with van der Waals surface area (Å²) in [7, 11) is 1.36. The van der Waals surface area contributed by atoms with Crippen molar-refractivity contribution in [3.05, 3.63) is 28.9 Å². The number of thiazole rings is 1. The molecule has 0 amide bonds. The normalized spacial score (nSPS) is 12.1. The number of allylic oxidation sites excluding steroid dienone is 1. The molecule has 0 aliphatic carbocycles. The minimum Gasteiger partial charge on any atom is -0.494 e. The number of unbranched alkanes of at least 4 members (excludes halogenated alkanes) is 2. The highest BCUT2D eigenvalue weighted by Crippen LogP contribution is 2.32. The molecule has 0 fully saturated rings. The average Bonchev–Trinajstić information content (AvgIpc) is 2.98. The molecule has 1 heterocycles. The summed E-state index contributed by atoms with van der Waals surface area (Å²) in [5, 5.41) is 0.597.